The van der Waals surface area contributed by atoms with Crippen molar-refractivity contribution >= 4 is 24.0 Å². The Bertz CT molecular complexity index is 509. The molecule has 2 rings (SSSR count). The maximum atomic E-state index is 13.2. The van der Waals surface area contributed by atoms with Crippen LogP contribution in [0.1, 0.15) is 11.6 Å². The van der Waals surface area contributed by atoms with E-state index in [0.29, 0.717) is 0 Å². The van der Waals surface area contributed by atoms with Crippen molar-refractivity contribution in [3.63, 3.8) is 0 Å². The number of alkyl halides is 5. The predicted molar refractivity (Wildman–Crippen MR) is 62.8 cm³/mol. The molecule has 0 unspecified atom stereocenters. The van der Waals surface area contributed by atoms with Crippen LogP contribution in [0.25, 0.3) is 0 Å². The summed E-state index contributed by atoms with van der Waals surface area (Å²) < 4.78 is 72.9. The summed E-state index contributed by atoms with van der Waals surface area (Å²) in [6, 6.07) is -0.616. The lowest BCUT2D eigenvalue weighted by Crippen LogP contribution is -2.45. The molecule has 0 fully saturated rings. The molecular weight excluding hydrogens is 332 g/mol. The lowest BCUT2D eigenvalue weighted by molar-refractivity contribution is -0.290. The van der Waals surface area contributed by atoms with Crippen LogP contribution in [0.2, 0.25) is 5.02 Å². The molecule has 10 heteroatoms. The normalized spacial score (nSPS) is 15.8. The van der Waals surface area contributed by atoms with Crippen molar-refractivity contribution in [1.29, 1.82) is 0 Å². The van der Waals surface area contributed by atoms with Gasteiger partial charge < -0.3 is 15.2 Å². The molecule has 0 bridgehead atoms. The average Bonchev–Trinajstić information content (AvgIpc) is 2.72. The summed E-state index contributed by atoms with van der Waals surface area (Å²) in [5.41, 5.74) is 4.44. The SMILES string of the molecule is Cl.N[C@@H](c1cc2c(cc1Cl)OCO2)C(F)(F)C(F)(F)F. The number of benzene rings is 1. The van der Waals surface area contributed by atoms with Crippen LogP contribution in [0, 0.1) is 0 Å². The highest BCUT2D eigenvalue weighted by molar-refractivity contribution is 6.31. The summed E-state index contributed by atoms with van der Waals surface area (Å²) in [4.78, 5) is 0. The molecule has 2 N–H and O–H groups in total. The zero-order chi connectivity index (χ0) is 14.4. The summed E-state index contributed by atoms with van der Waals surface area (Å²) in [6.45, 7) is -0.167. The second kappa shape index (κ2) is 5.42. The number of halogens is 7. The van der Waals surface area contributed by atoms with Gasteiger partial charge in [0.05, 0.1) is 0 Å². The molecule has 1 aromatic rings. The number of fused-ring (bicyclic) bond motifs is 1. The Morgan fingerprint density at radius 1 is 1.10 bits per heavy atom. The van der Waals surface area contributed by atoms with Crippen molar-refractivity contribution in [2.24, 2.45) is 5.73 Å². The Balaban J connectivity index is 0.00000200. The van der Waals surface area contributed by atoms with E-state index in [9.17, 15) is 22.0 Å². The van der Waals surface area contributed by atoms with Crippen molar-refractivity contribution in [1.82, 2.24) is 0 Å². The quantitative estimate of drug-likeness (QED) is 0.836. The molecule has 1 aliphatic heterocycles. The molecule has 0 aromatic heterocycles. The van der Waals surface area contributed by atoms with Gasteiger partial charge in [0, 0.05) is 11.1 Å². The minimum absolute atomic E-state index is 0. The van der Waals surface area contributed by atoms with E-state index >= 15 is 0 Å². The van der Waals surface area contributed by atoms with E-state index in [1.54, 1.807) is 0 Å². The van der Waals surface area contributed by atoms with Crippen molar-refractivity contribution in [3.8, 4) is 11.5 Å². The first-order valence-electron chi connectivity index (χ1n) is 4.93. The van der Waals surface area contributed by atoms with E-state index in [2.05, 4.69) is 0 Å². The third kappa shape index (κ3) is 2.72. The first-order chi connectivity index (χ1) is 8.64. The largest absolute Gasteiger partial charge is 0.455 e. The smallest absolute Gasteiger partial charge is 0.454 e. The molecule has 0 saturated carbocycles. The second-order valence-corrected chi connectivity index (χ2v) is 4.23. The van der Waals surface area contributed by atoms with Crippen LogP contribution >= 0.6 is 24.0 Å². The van der Waals surface area contributed by atoms with Gasteiger partial charge in [-0.25, -0.2) is 0 Å². The van der Waals surface area contributed by atoms with Gasteiger partial charge in [-0.2, -0.15) is 22.0 Å². The van der Waals surface area contributed by atoms with Gasteiger partial charge in [-0.1, -0.05) is 11.6 Å². The highest BCUT2D eigenvalue weighted by Gasteiger charge is 2.62. The molecule has 114 valence electrons. The minimum atomic E-state index is -5.77. The standard InChI is InChI=1S/C10H7ClF5NO2.ClH/c11-5-2-7-6(18-3-19-7)1-4(5)8(17)9(12,13)10(14,15)16;/h1-2,8H,3,17H2;1H/t8-;/m0./s1. The second-order valence-electron chi connectivity index (χ2n) is 3.83. The van der Waals surface area contributed by atoms with Gasteiger partial charge in [-0.3, -0.25) is 0 Å². The molecule has 0 amide bonds. The number of ether oxygens (including phenoxy) is 2. The van der Waals surface area contributed by atoms with Gasteiger partial charge in [0.15, 0.2) is 11.5 Å². The van der Waals surface area contributed by atoms with Gasteiger partial charge in [0.1, 0.15) is 6.04 Å². The first-order valence-corrected chi connectivity index (χ1v) is 5.31. The fourth-order valence-electron chi connectivity index (χ4n) is 1.54. The highest BCUT2D eigenvalue weighted by atomic mass is 35.5. The number of hydrogen-bond acceptors (Lipinski definition) is 3. The fourth-order valence-corrected chi connectivity index (χ4v) is 1.81. The third-order valence-corrected chi connectivity index (χ3v) is 2.92. The number of hydrogen-bond donors (Lipinski definition) is 1. The number of nitrogens with two attached hydrogens (primary N) is 1. The fraction of sp³-hybridized carbons (Fsp3) is 0.400. The van der Waals surface area contributed by atoms with Gasteiger partial charge in [0.2, 0.25) is 6.79 Å². The Kier molecular flexibility index (Phi) is 4.62. The lowest BCUT2D eigenvalue weighted by Gasteiger charge is -2.26. The number of rotatable bonds is 2. The summed E-state index contributed by atoms with van der Waals surface area (Å²) in [6.07, 6.45) is -5.77. The van der Waals surface area contributed by atoms with Crippen LogP contribution in [0.3, 0.4) is 0 Å². The van der Waals surface area contributed by atoms with Gasteiger partial charge >= 0.3 is 12.1 Å². The Morgan fingerprint density at radius 2 is 1.60 bits per heavy atom. The molecule has 0 spiro atoms. The molecule has 0 aliphatic carbocycles. The summed E-state index contributed by atoms with van der Waals surface area (Å²) in [7, 11) is 0. The van der Waals surface area contributed by atoms with Crippen molar-refractivity contribution in [2.45, 2.75) is 18.1 Å². The maximum Gasteiger partial charge on any atom is 0.455 e. The zero-order valence-electron chi connectivity index (χ0n) is 9.51. The molecular formula is C10H8Cl2F5NO2. The molecule has 1 atom stereocenters. The van der Waals surface area contributed by atoms with Crippen molar-refractivity contribution in [3.05, 3.63) is 22.7 Å². The van der Waals surface area contributed by atoms with Crippen LogP contribution in [-0.2, 0) is 0 Å². The van der Waals surface area contributed by atoms with Gasteiger partial charge in [-0.15, -0.1) is 12.4 Å². The van der Waals surface area contributed by atoms with Crippen molar-refractivity contribution in [2.75, 3.05) is 6.79 Å². The predicted octanol–water partition coefficient (Wildman–Crippen LogP) is 3.69. The lowest BCUT2D eigenvalue weighted by atomic mass is 10.0. The van der Waals surface area contributed by atoms with Crippen LogP contribution in [0.5, 0.6) is 11.5 Å². The molecule has 0 saturated heterocycles. The molecule has 1 heterocycles. The minimum Gasteiger partial charge on any atom is -0.454 e. The molecule has 1 aromatic carbocycles. The van der Waals surface area contributed by atoms with Gasteiger partial charge in [-0.05, 0) is 11.6 Å². The Labute approximate surface area is 121 Å². The zero-order valence-corrected chi connectivity index (χ0v) is 11.1. The van der Waals surface area contributed by atoms with E-state index in [-0.39, 0.29) is 35.7 Å². The summed E-state index contributed by atoms with van der Waals surface area (Å²) in [5, 5.41) is -0.347. The van der Waals surface area contributed by atoms with E-state index in [1.807, 2.05) is 0 Å². The molecule has 20 heavy (non-hydrogen) atoms. The summed E-state index contributed by atoms with van der Waals surface area (Å²) in [5.74, 6) is -4.92. The third-order valence-electron chi connectivity index (χ3n) is 2.60. The van der Waals surface area contributed by atoms with E-state index in [1.165, 1.54) is 0 Å². The van der Waals surface area contributed by atoms with E-state index < -0.39 is 23.7 Å². The first kappa shape index (κ1) is 17.1. The van der Waals surface area contributed by atoms with Crippen LogP contribution < -0.4 is 15.2 Å². The molecule has 1 aliphatic rings. The van der Waals surface area contributed by atoms with Crippen LogP contribution in [0.4, 0.5) is 22.0 Å². The Morgan fingerprint density at radius 3 is 2.10 bits per heavy atom. The maximum absolute atomic E-state index is 13.2. The van der Waals surface area contributed by atoms with Crippen molar-refractivity contribution < 1.29 is 31.4 Å². The molecule has 0 radical (unpaired) electrons. The Hall–Kier alpha value is -0.990. The molecule has 3 nitrogen and oxygen atoms in total. The summed E-state index contributed by atoms with van der Waals surface area (Å²) >= 11 is 5.64. The van der Waals surface area contributed by atoms with Gasteiger partial charge in [0.25, 0.3) is 0 Å². The monoisotopic (exact) mass is 339 g/mol. The van der Waals surface area contributed by atoms with E-state index in [0.717, 1.165) is 12.1 Å². The highest BCUT2D eigenvalue weighted by Crippen LogP contribution is 2.47. The van der Waals surface area contributed by atoms with Crippen LogP contribution in [-0.4, -0.2) is 18.9 Å². The van der Waals surface area contributed by atoms with E-state index in [4.69, 9.17) is 26.8 Å². The topological polar surface area (TPSA) is 44.5 Å². The van der Waals surface area contributed by atoms with Crippen LogP contribution in [0.15, 0.2) is 12.1 Å². The average molecular weight is 340 g/mol.